The Kier molecular flexibility index (Phi) is 11.1. The summed E-state index contributed by atoms with van der Waals surface area (Å²) in [5.41, 5.74) is 1.48. The van der Waals surface area contributed by atoms with Gasteiger partial charge >= 0.3 is 0 Å². The molecule has 8 nitrogen and oxygen atoms in total. The Bertz CT molecular complexity index is 894. The van der Waals surface area contributed by atoms with Gasteiger partial charge in [-0.25, -0.2) is 9.97 Å². The van der Waals surface area contributed by atoms with Crippen molar-refractivity contribution in [1.82, 2.24) is 20.2 Å². The molecule has 3 heterocycles. The molecule has 1 saturated heterocycles. The lowest BCUT2D eigenvalue weighted by Gasteiger charge is -2.39. The number of aromatic nitrogens is 2. The summed E-state index contributed by atoms with van der Waals surface area (Å²) in [6.07, 6.45) is 8.41. The molecular weight excluding hydrogens is 458 g/mol. The molecule has 0 aliphatic carbocycles. The Hall–Kier alpha value is -2.00. The van der Waals surface area contributed by atoms with Gasteiger partial charge in [-0.05, 0) is 30.8 Å². The number of rotatable bonds is 10. The quantitative estimate of drug-likeness (QED) is 0.457. The monoisotopic (exact) mass is 503 g/mol. The Morgan fingerprint density at radius 3 is 2.71 bits per heavy atom. The number of nitrogens with zero attached hydrogens (tertiary/aromatic N) is 5. The molecule has 35 heavy (non-hydrogen) atoms. The van der Waals surface area contributed by atoms with Crippen LogP contribution in [0.3, 0.4) is 0 Å². The van der Waals surface area contributed by atoms with E-state index >= 15 is 0 Å². The standard InChI is InChI=1S/C25H41N7OS.CH4/c1-17(2)16-32(19-12-18(13-26-14-19)21-8-10-29-31-21)23(33)20-15-28-24(25(3,4)5)30-22(20)27-9-7-11-34-6;/h10,15,17-19,26H,7-9,11-14,16H2,1-6H3,(H,27,28,30);1H4/t18-,19+;/m1./s1. The van der Waals surface area contributed by atoms with Gasteiger partial charge in [0.15, 0.2) is 0 Å². The molecule has 1 fully saturated rings. The van der Waals surface area contributed by atoms with Crippen LogP contribution < -0.4 is 10.6 Å². The molecule has 1 aromatic rings. The third-order valence-corrected chi connectivity index (χ3v) is 6.83. The van der Waals surface area contributed by atoms with Crippen molar-refractivity contribution in [3.63, 3.8) is 0 Å². The molecule has 0 spiro atoms. The minimum absolute atomic E-state index is 0. The van der Waals surface area contributed by atoms with E-state index in [-0.39, 0.29) is 24.8 Å². The van der Waals surface area contributed by atoms with E-state index in [0.29, 0.717) is 29.8 Å². The van der Waals surface area contributed by atoms with Crippen molar-refractivity contribution >= 4 is 35.4 Å². The van der Waals surface area contributed by atoms with Crippen molar-refractivity contribution in [3.05, 3.63) is 17.6 Å². The number of hydrogen-bond donors (Lipinski definition) is 2. The van der Waals surface area contributed by atoms with E-state index in [2.05, 4.69) is 66.7 Å². The fourth-order valence-electron chi connectivity index (χ4n) is 4.35. The molecule has 2 N–H and O–H groups in total. The van der Waals surface area contributed by atoms with Crippen LogP contribution in [0.5, 0.6) is 0 Å². The molecule has 2 atom stereocenters. The summed E-state index contributed by atoms with van der Waals surface area (Å²) in [6.45, 7) is 13.7. The smallest absolute Gasteiger partial charge is 0.259 e. The Morgan fingerprint density at radius 1 is 1.31 bits per heavy atom. The number of piperidine rings is 1. The summed E-state index contributed by atoms with van der Waals surface area (Å²) in [5.74, 6) is 3.10. The highest BCUT2D eigenvalue weighted by atomic mass is 32.2. The summed E-state index contributed by atoms with van der Waals surface area (Å²) >= 11 is 1.82. The average molecular weight is 504 g/mol. The van der Waals surface area contributed by atoms with Crippen molar-refractivity contribution in [2.45, 2.75) is 72.8 Å². The highest BCUT2D eigenvalue weighted by molar-refractivity contribution is 7.98. The zero-order valence-electron chi connectivity index (χ0n) is 21.6. The number of thioether (sulfide) groups is 1. The van der Waals surface area contributed by atoms with E-state index in [9.17, 15) is 4.79 Å². The van der Waals surface area contributed by atoms with Gasteiger partial charge in [-0.1, -0.05) is 42.0 Å². The van der Waals surface area contributed by atoms with Crippen molar-refractivity contribution in [2.75, 3.05) is 43.5 Å². The fraction of sp³-hybridized carbons (Fsp3) is 0.731. The van der Waals surface area contributed by atoms with Gasteiger partial charge in [0.2, 0.25) is 0 Å². The van der Waals surface area contributed by atoms with Gasteiger partial charge < -0.3 is 15.5 Å². The van der Waals surface area contributed by atoms with Crippen molar-refractivity contribution < 1.29 is 4.79 Å². The normalized spacial score (nSPS) is 19.9. The van der Waals surface area contributed by atoms with Crippen LogP contribution in [-0.2, 0) is 5.41 Å². The molecule has 0 unspecified atom stereocenters. The molecule has 0 bridgehead atoms. The Labute approximate surface area is 216 Å². The molecule has 1 aromatic heterocycles. The predicted molar refractivity (Wildman–Crippen MR) is 150 cm³/mol. The lowest BCUT2D eigenvalue weighted by molar-refractivity contribution is 0.0606. The maximum atomic E-state index is 14.0. The zero-order chi connectivity index (χ0) is 24.7. The van der Waals surface area contributed by atoms with Gasteiger partial charge in [0.25, 0.3) is 5.91 Å². The minimum atomic E-state index is -0.195. The molecule has 3 rings (SSSR count). The largest absolute Gasteiger partial charge is 0.369 e. The van der Waals surface area contributed by atoms with Crippen LogP contribution in [0, 0.1) is 11.8 Å². The maximum Gasteiger partial charge on any atom is 0.259 e. The summed E-state index contributed by atoms with van der Waals surface area (Å²) in [4.78, 5) is 25.5. The number of hydrogen-bond acceptors (Lipinski definition) is 8. The van der Waals surface area contributed by atoms with Crippen molar-refractivity contribution in [2.24, 2.45) is 22.0 Å². The van der Waals surface area contributed by atoms with E-state index in [1.165, 1.54) is 0 Å². The van der Waals surface area contributed by atoms with Gasteiger partial charge in [0, 0.05) is 62.4 Å². The van der Waals surface area contributed by atoms with Gasteiger partial charge in [-0.15, -0.1) is 0 Å². The predicted octanol–water partition coefficient (Wildman–Crippen LogP) is 4.48. The van der Waals surface area contributed by atoms with E-state index in [0.717, 1.165) is 56.2 Å². The number of nitrogens with one attached hydrogen (secondary N) is 2. The van der Waals surface area contributed by atoms with Crippen LogP contribution in [0.4, 0.5) is 5.82 Å². The second kappa shape index (κ2) is 13.3. The third-order valence-electron chi connectivity index (χ3n) is 6.14. The lowest BCUT2D eigenvalue weighted by atomic mass is 9.89. The van der Waals surface area contributed by atoms with E-state index in [1.54, 1.807) is 6.20 Å². The first-order chi connectivity index (χ1) is 16.2. The first-order valence-corrected chi connectivity index (χ1v) is 13.8. The van der Waals surface area contributed by atoms with Crippen LogP contribution in [0.25, 0.3) is 0 Å². The molecule has 2 aliphatic heterocycles. The van der Waals surface area contributed by atoms with E-state index < -0.39 is 0 Å². The molecule has 0 radical (unpaired) electrons. The second-order valence-electron chi connectivity index (χ2n) is 10.7. The number of carbonyl (C=O) groups is 1. The summed E-state index contributed by atoms with van der Waals surface area (Å²) in [7, 11) is 0. The molecule has 196 valence electrons. The lowest BCUT2D eigenvalue weighted by Crippen LogP contribution is -2.53. The van der Waals surface area contributed by atoms with Crippen LogP contribution in [0.2, 0.25) is 0 Å². The first-order valence-electron chi connectivity index (χ1n) is 12.4. The number of anilines is 1. The van der Waals surface area contributed by atoms with Gasteiger partial charge in [0.1, 0.15) is 17.2 Å². The summed E-state index contributed by atoms with van der Waals surface area (Å²) in [5, 5.41) is 15.4. The van der Waals surface area contributed by atoms with Crippen molar-refractivity contribution in [1.29, 1.82) is 0 Å². The van der Waals surface area contributed by atoms with Crippen LogP contribution in [0.1, 0.15) is 77.5 Å². The van der Waals surface area contributed by atoms with E-state index in [4.69, 9.17) is 4.98 Å². The number of carbonyl (C=O) groups excluding carboxylic acids is 1. The first kappa shape index (κ1) is 29.2. The SMILES string of the molecule is C.CSCCCNc1nc(C(C)(C)C)ncc1C(=O)N(CC(C)C)[C@@H]1CNC[C@H](C2=NN=CC2)C1. The highest BCUT2D eigenvalue weighted by Crippen LogP contribution is 2.26. The molecule has 2 aliphatic rings. The molecule has 0 aromatic carbocycles. The van der Waals surface area contributed by atoms with Gasteiger partial charge in [-0.3, -0.25) is 4.79 Å². The van der Waals surface area contributed by atoms with Gasteiger partial charge in [0.05, 0.1) is 5.71 Å². The molecule has 0 saturated carbocycles. The molecule has 1 amide bonds. The van der Waals surface area contributed by atoms with E-state index in [1.807, 2.05) is 22.9 Å². The zero-order valence-corrected chi connectivity index (χ0v) is 22.4. The summed E-state index contributed by atoms with van der Waals surface area (Å²) in [6, 6.07) is 0.0867. The number of amides is 1. The highest BCUT2D eigenvalue weighted by Gasteiger charge is 2.34. The Morgan fingerprint density at radius 2 is 2.09 bits per heavy atom. The van der Waals surface area contributed by atoms with Gasteiger partial charge in [-0.2, -0.15) is 22.0 Å². The van der Waals surface area contributed by atoms with Crippen LogP contribution >= 0.6 is 11.8 Å². The minimum Gasteiger partial charge on any atom is -0.369 e. The topological polar surface area (TPSA) is 94.9 Å². The maximum absolute atomic E-state index is 14.0. The fourth-order valence-corrected chi connectivity index (χ4v) is 4.79. The molecule has 9 heteroatoms. The Balaban J connectivity index is 0.00000432. The third kappa shape index (κ3) is 8.00. The van der Waals surface area contributed by atoms with Crippen molar-refractivity contribution in [3.8, 4) is 0 Å². The van der Waals surface area contributed by atoms with Crippen LogP contribution in [-0.4, -0.2) is 76.9 Å². The molecular formula is C26H45N7OS. The average Bonchev–Trinajstić information content (AvgIpc) is 3.34. The second-order valence-corrected chi connectivity index (χ2v) is 11.7. The summed E-state index contributed by atoms with van der Waals surface area (Å²) < 4.78 is 0. The van der Waals surface area contributed by atoms with Crippen LogP contribution in [0.15, 0.2) is 16.4 Å².